The van der Waals surface area contributed by atoms with E-state index in [1.165, 1.54) is 16.6 Å². The highest BCUT2D eigenvalue weighted by Crippen LogP contribution is 2.20. The highest BCUT2D eigenvalue weighted by Gasteiger charge is 2.08. The molecule has 1 heterocycles. The van der Waals surface area contributed by atoms with Crippen LogP contribution in [0.2, 0.25) is 0 Å². The lowest BCUT2D eigenvalue weighted by molar-refractivity contribution is 0.553. The monoisotopic (exact) mass is 254 g/mol. The molecule has 0 atom stereocenters. The lowest BCUT2D eigenvalue weighted by Gasteiger charge is -2.12. The van der Waals surface area contributed by atoms with Gasteiger partial charge in [-0.1, -0.05) is 32.0 Å². The standard InChI is InChI=1S/C17H22N2/c1-4-5-8-11-19-16(13-18-14(2)3)12-15-9-6-7-10-17(15)19/h1,6-7,9-10,12,14,18H,5,8,11,13H2,2-3H3. The van der Waals surface area contributed by atoms with Gasteiger partial charge in [-0.2, -0.15) is 0 Å². The largest absolute Gasteiger partial charge is 0.343 e. The van der Waals surface area contributed by atoms with Crippen LogP contribution < -0.4 is 5.32 Å². The van der Waals surface area contributed by atoms with E-state index in [0.29, 0.717) is 6.04 Å². The molecule has 0 aliphatic heterocycles. The number of hydrogen-bond acceptors (Lipinski definition) is 1. The van der Waals surface area contributed by atoms with Crippen molar-refractivity contribution in [1.82, 2.24) is 9.88 Å². The van der Waals surface area contributed by atoms with Crippen molar-refractivity contribution in [2.75, 3.05) is 0 Å². The molecule has 1 N–H and O–H groups in total. The van der Waals surface area contributed by atoms with Crippen molar-refractivity contribution in [3.63, 3.8) is 0 Å². The lowest BCUT2D eigenvalue weighted by Crippen LogP contribution is -2.23. The molecule has 0 radical (unpaired) electrons. The second-order valence-electron chi connectivity index (χ2n) is 5.19. The maximum absolute atomic E-state index is 5.35. The molecule has 100 valence electrons. The number of nitrogens with one attached hydrogen (secondary N) is 1. The van der Waals surface area contributed by atoms with E-state index >= 15 is 0 Å². The summed E-state index contributed by atoms with van der Waals surface area (Å²) in [5, 5.41) is 4.80. The number of rotatable bonds is 6. The van der Waals surface area contributed by atoms with E-state index < -0.39 is 0 Å². The van der Waals surface area contributed by atoms with E-state index in [1.807, 2.05) is 0 Å². The van der Waals surface area contributed by atoms with Crippen molar-refractivity contribution in [3.8, 4) is 12.3 Å². The normalized spacial score (nSPS) is 11.1. The zero-order valence-electron chi connectivity index (χ0n) is 11.8. The van der Waals surface area contributed by atoms with E-state index in [4.69, 9.17) is 6.42 Å². The number of hydrogen-bond donors (Lipinski definition) is 1. The molecule has 0 saturated carbocycles. The minimum Gasteiger partial charge on any atom is -0.343 e. The van der Waals surface area contributed by atoms with Gasteiger partial charge in [0.2, 0.25) is 0 Å². The summed E-state index contributed by atoms with van der Waals surface area (Å²) in [6.07, 6.45) is 7.21. The van der Waals surface area contributed by atoms with Gasteiger partial charge in [-0.3, -0.25) is 0 Å². The summed E-state index contributed by atoms with van der Waals surface area (Å²) in [6, 6.07) is 11.3. The van der Waals surface area contributed by atoms with E-state index in [9.17, 15) is 0 Å². The zero-order chi connectivity index (χ0) is 13.7. The number of terminal acetylenes is 1. The molecule has 1 aromatic carbocycles. The van der Waals surface area contributed by atoms with Gasteiger partial charge in [0, 0.05) is 36.8 Å². The number of para-hydroxylation sites is 1. The molecule has 0 aliphatic carbocycles. The molecule has 0 spiro atoms. The lowest BCUT2D eigenvalue weighted by atomic mass is 10.2. The van der Waals surface area contributed by atoms with Crippen molar-refractivity contribution in [2.45, 2.75) is 45.8 Å². The van der Waals surface area contributed by atoms with Crippen LogP contribution in [0.1, 0.15) is 32.4 Å². The molecule has 0 bridgehead atoms. The Bertz CT molecular complexity index is 572. The third-order valence-electron chi connectivity index (χ3n) is 3.29. The first kappa shape index (κ1) is 13.7. The summed E-state index contributed by atoms with van der Waals surface area (Å²) in [4.78, 5) is 0. The predicted octanol–water partition coefficient (Wildman–Crippen LogP) is 3.55. The summed E-state index contributed by atoms with van der Waals surface area (Å²) < 4.78 is 2.39. The highest BCUT2D eigenvalue weighted by atomic mass is 15.0. The smallest absolute Gasteiger partial charge is 0.0482 e. The van der Waals surface area contributed by atoms with Crippen LogP contribution in [-0.4, -0.2) is 10.6 Å². The molecular formula is C17H22N2. The van der Waals surface area contributed by atoms with Gasteiger partial charge in [-0.05, 0) is 23.9 Å². The summed E-state index contributed by atoms with van der Waals surface area (Å²) in [5.41, 5.74) is 2.65. The van der Waals surface area contributed by atoms with Crippen molar-refractivity contribution >= 4 is 10.9 Å². The van der Waals surface area contributed by atoms with Crippen LogP contribution in [0.4, 0.5) is 0 Å². The van der Waals surface area contributed by atoms with E-state index in [-0.39, 0.29) is 0 Å². The number of aryl methyl sites for hydroxylation is 1. The van der Waals surface area contributed by atoms with Gasteiger partial charge >= 0.3 is 0 Å². The van der Waals surface area contributed by atoms with Crippen molar-refractivity contribution in [1.29, 1.82) is 0 Å². The average molecular weight is 254 g/mol. The fourth-order valence-corrected chi connectivity index (χ4v) is 2.33. The maximum Gasteiger partial charge on any atom is 0.0482 e. The van der Waals surface area contributed by atoms with Gasteiger partial charge in [0.15, 0.2) is 0 Å². The van der Waals surface area contributed by atoms with E-state index in [1.54, 1.807) is 0 Å². The Labute approximate surface area is 115 Å². The molecule has 0 saturated heterocycles. The highest BCUT2D eigenvalue weighted by molar-refractivity contribution is 5.81. The van der Waals surface area contributed by atoms with Crippen molar-refractivity contribution in [2.24, 2.45) is 0 Å². The van der Waals surface area contributed by atoms with Gasteiger partial charge in [0.1, 0.15) is 0 Å². The SMILES string of the molecule is C#CCCCn1c(CNC(C)C)cc2ccccc21. The molecule has 2 nitrogen and oxygen atoms in total. The van der Waals surface area contributed by atoms with Crippen LogP contribution >= 0.6 is 0 Å². The third-order valence-corrected chi connectivity index (χ3v) is 3.29. The van der Waals surface area contributed by atoms with Crippen LogP contribution in [-0.2, 0) is 13.1 Å². The summed E-state index contributed by atoms with van der Waals surface area (Å²) in [6.45, 7) is 6.24. The summed E-state index contributed by atoms with van der Waals surface area (Å²) >= 11 is 0. The van der Waals surface area contributed by atoms with E-state index in [2.05, 4.69) is 60.0 Å². The molecule has 0 fully saturated rings. The molecule has 0 unspecified atom stereocenters. The first-order valence-corrected chi connectivity index (χ1v) is 6.96. The minimum atomic E-state index is 0.497. The molecule has 0 amide bonds. The number of aromatic nitrogens is 1. The number of benzene rings is 1. The Kier molecular flexibility index (Phi) is 4.65. The molecule has 2 rings (SSSR count). The quantitative estimate of drug-likeness (QED) is 0.616. The maximum atomic E-state index is 5.35. The van der Waals surface area contributed by atoms with Crippen molar-refractivity contribution < 1.29 is 0 Å². The third kappa shape index (κ3) is 3.39. The van der Waals surface area contributed by atoms with Crippen molar-refractivity contribution in [3.05, 3.63) is 36.0 Å². The number of nitrogens with zero attached hydrogens (tertiary/aromatic N) is 1. The Hall–Kier alpha value is -1.72. The molecule has 0 aliphatic rings. The Morgan fingerprint density at radius 3 is 2.84 bits per heavy atom. The molecule has 19 heavy (non-hydrogen) atoms. The van der Waals surface area contributed by atoms with Gasteiger partial charge in [0.25, 0.3) is 0 Å². The average Bonchev–Trinajstić information content (AvgIpc) is 2.75. The van der Waals surface area contributed by atoms with Gasteiger partial charge < -0.3 is 9.88 Å². The van der Waals surface area contributed by atoms with Crippen LogP contribution in [0.3, 0.4) is 0 Å². The van der Waals surface area contributed by atoms with Crippen LogP contribution in [0, 0.1) is 12.3 Å². The second kappa shape index (κ2) is 6.45. The summed E-state index contributed by atoms with van der Waals surface area (Å²) in [7, 11) is 0. The topological polar surface area (TPSA) is 17.0 Å². The van der Waals surface area contributed by atoms with Crippen LogP contribution in [0.5, 0.6) is 0 Å². The molecular weight excluding hydrogens is 232 g/mol. The number of fused-ring (bicyclic) bond motifs is 1. The zero-order valence-corrected chi connectivity index (χ0v) is 11.8. The Morgan fingerprint density at radius 2 is 2.11 bits per heavy atom. The second-order valence-corrected chi connectivity index (χ2v) is 5.19. The fraction of sp³-hybridized carbons (Fsp3) is 0.412. The molecule has 2 heteroatoms. The molecule has 2 aromatic rings. The van der Waals surface area contributed by atoms with Gasteiger partial charge in [-0.25, -0.2) is 0 Å². The first-order chi connectivity index (χ1) is 9.22. The predicted molar refractivity (Wildman–Crippen MR) is 82.0 cm³/mol. The minimum absolute atomic E-state index is 0.497. The van der Waals surface area contributed by atoms with Crippen LogP contribution in [0.15, 0.2) is 30.3 Å². The number of unbranched alkanes of at least 4 members (excludes halogenated alkanes) is 1. The Morgan fingerprint density at radius 1 is 1.32 bits per heavy atom. The fourth-order valence-electron chi connectivity index (χ4n) is 2.33. The first-order valence-electron chi connectivity index (χ1n) is 6.96. The van der Waals surface area contributed by atoms with Gasteiger partial charge in [-0.15, -0.1) is 12.3 Å². The molecule has 1 aromatic heterocycles. The van der Waals surface area contributed by atoms with Crippen LogP contribution in [0.25, 0.3) is 10.9 Å². The van der Waals surface area contributed by atoms with Gasteiger partial charge in [0.05, 0.1) is 0 Å². The Balaban J connectivity index is 2.26. The summed E-state index contributed by atoms with van der Waals surface area (Å²) in [5.74, 6) is 2.72. The van der Waals surface area contributed by atoms with E-state index in [0.717, 1.165) is 25.9 Å².